The predicted molar refractivity (Wildman–Crippen MR) is 119 cm³/mol. The molecule has 1 aliphatic carbocycles. The van der Waals surface area contributed by atoms with Crippen molar-refractivity contribution in [1.82, 2.24) is 0 Å². The number of halogens is 1. The van der Waals surface area contributed by atoms with Crippen molar-refractivity contribution in [2.75, 3.05) is 31.1 Å². The zero-order valence-corrected chi connectivity index (χ0v) is 18.1. The van der Waals surface area contributed by atoms with Gasteiger partial charge in [-0.2, -0.15) is 0 Å². The second-order valence-electron chi connectivity index (χ2n) is 9.76. The highest BCUT2D eigenvalue weighted by Crippen LogP contribution is 2.39. The number of ether oxygens (including phenoxy) is 1. The van der Waals surface area contributed by atoms with Gasteiger partial charge in [0.2, 0.25) is 0 Å². The van der Waals surface area contributed by atoms with E-state index in [1.165, 1.54) is 51.0 Å². The van der Waals surface area contributed by atoms with Crippen LogP contribution in [0.5, 0.6) is 0 Å². The van der Waals surface area contributed by atoms with Gasteiger partial charge in [0.05, 0.1) is 26.2 Å². The Balaban J connectivity index is 1.31. The van der Waals surface area contributed by atoms with Crippen LogP contribution in [0.15, 0.2) is 54.6 Å². The average Bonchev–Trinajstić information content (AvgIpc) is 2.77. The molecule has 0 spiro atoms. The van der Waals surface area contributed by atoms with Crippen LogP contribution in [0.25, 0.3) is 0 Å². The number of piperidine rings is 3. The summed E-state index contributed by atoms with van der Waals surface area (Å²) in [7, 11) is 0. The molecule has 0 aromatic heterocycles. The molecule has 0 N–H and O–H groups in total. The fraction of sp³-hybridized carbons (Fsp3) is 0.500. The first-order valence-electron chi connectivity index (χ1n) is 11.7. The Hall–Kier alpha value is -2.40. The van der Waals surface area contributed by atoms with E-state index in [9.17, 15) is 9.18 Å². The molecule has 0 radical (unpaired) electrons. The lowest BCUT2D eigenvalue weighted by molar-refractivity contribution is -0.949. The first-order valence-corrected chi connectivity index (χ1v) is 11.7. The molecule has 2 aromatic rings. The van der Waals surface area contributed by atoms with Gasteiger partial charge in [-0.05, 0) is 42.7 Å². The maximum atomic E-state index is 13.4. The summed E-state index contributed by atoms with van der Waals surface area (Å²) in [4.78, 5) is 15.1. The predicted octanol–water partition coefficient (Wildman–Crippen LogP) is 5.38. The van der Waals surface area contributed by atoms with Crippen molar-refractivity contribution in [2.24, 2.45) is 11.8 Å². The molecule has 3 aliphatic heterocycles. The summed E-state index contributed by atoms with van der Waals surface area (Å²) in [6.07, 6.45) is 6.13. The van der Waals surface area contributed by atoms with Crippen LogP contribution in [0.3, 0.4) is 0 Å². The van der Waals surface area contributed by atoms with E-state index in [2.05, 4.69) is 0 Å². The number of para-hydroxylation sites is 1. The third-order valence-electron chi connectivity index (χ3n) is 7.71. The second kappa shape index (κ2) is 8.62. The Kier molecular flexibility index (Phi) is 5.70. The molecule has 3 saturated heterocycles. The largest absolute Gasteiger partial charge is 0.440 e. The number of amides is 1. The summed E-state index contributed by atoms with van der Waals surface area (Å²) in [5.41, 5.74) is 1.68. The van der Waals surface area contributed by atoms with E-state index in [4.69, 9.17) is 4.74 Å². The number of rotatable bonds is 6. The van der Waals surface area contributed by atoms with Crippen molar-refractivity contribution in [1.29, 1.82) is 0 Å². The van der Waals surface area contributed by atoms with Crippen LogP contribution in [0.1, 0.15) is 37.7 Å². The maximum Gasteiger partial charge on any atom is 0.415 e. The third kappa shape index (κ3) is 4.47. The summed E-state index contributed by atoms with van der Waals surface area (Å²) in [5.74, 6) is 1.07. The molecule has 1 atom stereocenters. The van der Waals surface area contributed by atoms with Crippen LogP contribution in [-0.4, -0.2) is 42.9 Å². The van der Waals surface area contributed by atoms with Crippen molar-refractivity contribution >= 4 is 11.8 Å². The Morgan fingerprint density at radius 3 is 2.35 bits per heavy atom. The molecule has 164 valence electrons. The molecule has 6 rings (SSSR count). The summed E-state index contributed by atoms with van der Waals surface area (Å²) in [6, 6.07) is 16.0. The van der Waals surface area contributed by atoms with Crippen LogP contribution in [0.2, 0.25) is 0 Å². The molecule has 4 fully saturated rings. The Labute approximate surface area is 184 Å². The van der Waals surface area contributed by atoms with Gasteiger partial charge in [0.1, 0.15) is 12.4 Å². The molecule has 31 heavy (non-hydrogen) atoms. The van der Waals surface area contributed by atoms with Gasteiger partial charge in [0.15, 0.2) is 6.10 Å². The van der Waals surface area contributed by atoms with Gasteiger partial charge in [0.25, 0.3) is 0 Å². The minimum atomic E-state index is -0.295. The molecule has 3 heterocycles. The molecule has 2 aromatic carbocycles. The zero-order chi connectivity index (χ0) is 21.3. The molecule has 2 bridgehead atoms. The van der Waals surface area contributed by atoms with E-state index in [-0.39, 0.29) is 18.0 Å². The zero-order valence-electron chi connectivity index (χ0n) is 18.1. The lowest BCUT2D eigenvalue weighted by Crippen LogP contribution is -2.66. The lowest BCUT2D eigenvalue weighted by atomic mass is 9.79. The molecular weight excluding hydrogens is 391 g/mol. The fourth-order valence-electron chi connectivity index (χ4n) is 5.67. The highest BCUT2D eigenvalue weighted by atomic mass is 19.1. The first kappa shape index (κ1) is 20.5. The fourth-order valence-corrected chi connectivity index (χ4v) is 5.67. The monoisotopic (exact) mass is 423 g/mol. The first-order chi connectivity index (χ1) is 15.1. The number of hydrogen-bond acceptors (Lipinski definition) is 2. The van der Waals surface area contributed by atoms with Gasteiger partial charge < -0.3 is 9.22 Å². The Bertz CT molecular complexity index is 889. The van der Waals surface area contributed by atoms with Crippen molar-refractivity contribution in [3.05, 3.63) is 66.0 Å². The number of nitrogens with zero attached hydrogens (tertiary/aromatic N) is 2. The van der Waals surface area contributed by atoms with Crippen molar-refractivity contribution < 1.29 is 18.4 Å². The third-order valence-corrected chi connectivity index (χ3v) is 7.71. The number of anilines is 1. The molecule has 1 saturated carbocycles. The van der Waals surface area contributed by atoms with Crippen LogP contribution in [-0.2, 0) is 11.3 Å². The molecule has 4 nitrogen and oxygen atoms in total. The SMILES string of the molecule is O=C(O[C@H]1C[N+]2(CC3CCC3)CCC1CC2)N(Cc1ccc(F)cc1)c1ccccc1. The molecule has 4 aliphatic rings. The Morgan fingerprint density at radius 2 is 1.71 bits per heavy atom. The number of benzene rings is 2. The number of carbonyl (C=O) groups is 1. The molecule has 5 heteroatoms. The summed E-state index contributed by atoms with van der Waals surface area (Å²) >= 11 is 0. The van der Waals surface area contributed by atoms with Gasteiger partial charge in [-0.3, -0.25) is 4.90 Å². The van der Waals surface area contributed by atoms with Crippen LogP contribution < -0.4 is 4.90 Å². The standard InChI is InChI=1S/C26H32FN2O2/c27-23-11-9-20(10-12-23)17-28(24-7-2-1-3-8-24)26(30)31-25-19-29(18-21-5-4-6-21)15-13-22(25)14-16-29/h1-3,7-12,21-22,25H,4-6,13-19H2/q+1/t22?,25-,29?/m0/s1. The minimum Gasteiger partial charge on any atom is -0.440 e. The van der Waals surface area contributed by atoms with E-state index in [0.29, 0.717) is 12.5 Å². The quantitative estimate of drug-likeness (QED) is 0.584. The maximum absolute atomic E-state index is 13.4. The van der Waals surface area contributed by atoms with Gasteiger partial charge in [-0.25, -0.2) is 9.18 Å². The van der Waals surface area contributed by atoms with Gasteiger partial charge in [-0.1, -0.05) is 36.8 Å². The molecule has 1 amide bonds. The van der Waals surface area contributed by atoms with E-state index >= 15 is 0 Å². The van der Waals surface area contributed by atoms with Gasteiger partial charge in [0, 0.05) is 30.4 Å². The highest BCUT2D eigenvalue weighted by molar-refractivity contribution is 5.87. The smallest absolute Gasteiger partial charge is 0.415 e. The van der Waals surface area contributed by atoms with Crippen LogP contribution in [0.4, 0.5) is 14.9 Å². The normalized spacial score (nSPS) is 27.5. The molecular formula is C26H32FN2O2+. The summed E-state index contributed by atoms with van der Waals surface area (Å²) < 4.78 is 20.7. The van der Waals surface area contributed by atoms with Crippen LogP contribution >= 0.6 is 0 Å². The lowest BCUT2D eigenvalue weighted by Gasteiger charge is -2.54. The number of quaternary nitrogens is 1. The Morgan fingerprint density at radius 1 is 1.00 bits per heavy atom. The van der Waals surface area contributed by atoms with Crippen molar-refractivity contribution in [3.8, 4) is 0 Å². The number of carbonyl (C=O) groups excluding carboxylic acids is 1. The molecule has 0 unspecified atom stereocenters. The second-order valence-corrected chi connectivity index (χ2v) is 9.76. The number of fused-ring (bicyclic) bond motifs is 3. The number of hydrogen-bond donors (Lipinski definition) is 0. The van der Waals surface area contributed by atoms with E-state index in [1.54, 1.807) is 17.0 Å². The van der Waals surface area contributed by atoms with Gasteiger partial charge >= 0.3 is 6.09 Å². The van der Waals surface area contributed by atoms with Gasteiger partial charge in [-0.15, -0.1) is 0 Å². The highest BCUT2D eigenvalue weighted by Gasteiger charge is 2.49. The minimum absolute atomic E-state index is 0.00509. The van der Waals surface area contributed by atoms with E-state index < -0.39 is 0 Å². The van der Waals surface area contributed by atoms with Crippen molar-refractivity contribution in [2.45, 2.75) is 44.8 Å². The topological polar surface area (TPSA) is 29.5 Å². The average molecular weight is 424 g/mol. The van der Waals surface area contributed by atoms with Crippen LogP contribution in [0, 0.1) is 17.7 Å². The van der Waals surface area contributed by atoms with E-state index in [1.807, 2.05) is 30.3 Å². The van der Waals surface area contributed by atoms with E-state index in [0.717, 1.165) is 41.0 Å². The summed E-state index contributed by atoms with van der Waals surface area (Å²) in [5, 5.41) is 0. The van der Waals surface area contributed by atoms with Crippen molar-refractivity contribution in [3.63, 3.8) is 0 Å². The summed E-state index contributed by atoms with van der Waals surface area (Å²) in [6.45, 7) is 5.08.